The third-order valence-corrected chi connectivity index (χ3v) is 4.71. The Balaban J connectivity index is 2.90. The number of carbonyl (C=O) groups is 2. The summed E-state index contributed by atoms with van der Waals surface area (Å²) in [7, 11) is 1.31. The molecule has 1 aromatic carbocycles. The van der Waals surface area contributed by atoms with Crippen molar-refractivity contribution >= 4 is 46.1 Å². The number of nitrogens with one attached hydrogen (secondary N) is 1. The summed E-state index contributed by atoms with van der Waals surface area (Å²) in [6, 6.07) is 4.36. The van der Waals surface area contributed by atoms with Crippen LogP contribution in [0.3, 0.4) is 0 Å². The van der Waals surface area contributed by atoms with Crippen molar-refractivity contribution in [2.45, 2.75) is 26.3 Å². The lowest BCUT2D eigenvalue weighted by Crippen LogP contribution is -2.45. The number of esters is 1. The molecule has 0 aliphatic rings. The van der Waals surface area contributed by atoms with Crippen molar-refractivity contribution in [3.63, 3.8) is 0 Å². The van der Waals surface area contributed by atoms with Crippen molar-refractivity contribution in [2.24, 2.45) is 5.92 Å². The van der Waals surface area contributed by atoms with Crippen LogP contribution in [0.5, 0.6) is 0 Å². The second kappa shape index (κ2) is 7.83. The van der Waals surface area contributed by atoms with Gasteiger partial charge < -0.3 is 10.1 Å². The molecule has 0 bridgehead atoms. The first-order valence-corrected chi connectivity index (χ1v) is 7.70. The van der Waals surface area contributed by atoms with Crippen molar-refractivity contribution in [3.8, 4) is 0 Å². The Hall–Kier alpha value is -0.820. The van der Waals surface area contributed by atoms with Gasteiger partial charge in [-0.1, -0.05) is 31.9 Å². The Labute approximate surface area is 137 Å². The molecule has 20 heavy (non-hydrogen) atoms. The molecule has 0 saturated heterocycles. The molecule has 0 fully saturated rings. The van der Waals surface area contributed by atoms with Crippen LogP contribution < -0.4 is 5.32 Å². The van der Waals surface area contributed by atoms with Gasteiger partial charge in [-0.25, -0.2) is 4.79 Å². The Kier molecular flexibility index (Phi) is 6.75. The van der Waals surface area contributed by atoms with E-state index < -0.39 is 12.0 Å². The number of carbonyl (C=O) groups excluding carboxylic acids is 2. The van der Waals surface area contributed by atoms with Crippen LogP contribution in [0.25, 0.3) is 0 Å². The molecule has 2 atom stereocenters. The monoisotopic (exact) mass is 409 g/mol. The molecular formula is C14H17ClINO3. The van der Waals surface area contributed by atoms with Crippen molar-refractivity contribution < 1.29 is 14.3 Å². The van der Waals surface area contributed by atoms with Crippen LogP contribution >= 0.6 is 34.2 Å². The average molecular weight is 410 g/mol. The highest BCUT2D eigenvalue weighted by Crippen LogP contribution is 2.20. The predicted molar refractivity (Wildman–Crippen MR) is 86.9 cm³/mol. The lowest BCUT2D eigenvalue weighted by atomic mass is 9.99. The summed E-state index contributed by atoms with van der Waals surface area (Å²) in [5.41, 5.74) is 0.424. The van der Waals surface area contributed by atoms with Crippen LogP contribution in [0.15, 0.2) is 18.2 Å². The number of rotatable bonds is 5. The molecule has 1 rings (SSSR count). The molecule has 0 radical (unpaired) electrons. The molecule has 0 aliphatic heterocycles. The van der Waals surface area contributed by atoms with Crippen molar-refractivity contribution in [1.29, 1.82) is 0 Å². The summed E-state index contributed by atoms with van der Waals surface area (Å²) in [6.45, 7) is 3.84. The fraction of sp³-hybridized carbons (Fsp3) is 0.429. The third-order valence-electron chi connectivity index (χ3n) is 3.14. The maximum Gasteiger partial charge on any atom is 0.328 e. The SMILES string of the molecule is CCC(C)C(NC(=O)c1ccc(I)c(Cl)c1)C(=O)OC. The van der Waals surface area contributed by atoms with E-state index in [0.29, 0.717) is 10.6 Å². The molecule has 0 aromatic heterocycles. The normalized spacial score (nSPS) is 13.4. The van der Waals surface area contributed by atoms with Gasteiger partial charge in [-0.05, 0) is 46.7 Å². The van der Waals surface area contributed by atoms with Crippen LogP contribution in [-0.4, -0.2) is 25.0 Å². The van der Waals surface area contributed by atoms with Gasteiger partial charge in [0.05, 0.1) is 12.1 Å². The predicted octanol–water partition coefficient (Wildman–Crippen LogP) is 3.26. The standard InChI is InChI=1S/C14H17ClINO3/c1-4-8(2)12(14(19)20-3)17-13(18)9-5-6-11(16)10(15)7-9/h5-8,12H,4H2,1-3H3,(H,17,18). The van der Waals surface area contributed by atoms with Crippen LogP contribution in [0.4, 0.5) is 0 Å². The third kappa shape index (κ3) is 4.34. The maximum atomic E-state index is 12.2. The van der Waals surface area contributed by atoms with E-state index >= 15 is 0 Å². The summed E-state index contributed by atoms with van der Waals surface area (Å²) < 4.78 is 5.60. The highest BCUT2D eigenvalue weighted by atomic mass is 127. The second-order valence-corrected chi connectivity index (χ2v) is 6.06. The lowest BCUT2D eigenvalue weighted by Gasteiger charge is -2.21. The number of benzene rings is 1. The van der Waals surface area contributed by atoms with Gasteiger partial charge in [-0.2, -0.15) is 0 Å². The molecule has 1 N–H and O–H groups in total. The average Bonchev–Trinajstić information content (AvgIpc) is 2.45. The number of methoxy groups -OCH3 is 1. The van der Waals surface area contributed by atoms with E-state index in [1.54, 1.807) is 18.2 Å². The first kappa shape index (κ1) is 17.2. The van der Waals surface area contributed by atoms with E-state index in [9.17, 15) is 9.59 Å². The molecule has 6 heteroatoms. The van der Waals surface area contributed by atoms with Crippen molar-refractivity contribution in [1.82, 2.24) is 5.32 Å². The molecule has 0 saturated carbocycles. The van der Waals surface area contributed by atoms with Gasteiger partial charge in [0.1, 0.15) is 6.04 Å². The first-order chi connectivity index (χ1) is 9.40. The van der Waals surface area contributed by atoms with E-state index in [0.717, 1.165) is 9.99 Å². The smallest absolute Gasteiger partial charge is 0.328 e. The minimum atomic E-state index is -0.657. The second-order valence-electron chi connectivity index (χ2n) is 4.49. The van der Waals surface area contributed by atoms with E-state index in [2.05, 4.69) is 27.9 Å². The number of halogens is 2. The van der Waals surface area contributed by atoms with Gasteiger partial charge in [0.25, 0.3) is 5.91 Å². The van der Waals surface area contributed by atoms with Crippen molar-refractivity contribution in [2.75, 3.05) is 7.11 Å². The van der Waals surface area contributed by atoms with Gasteiger partial charge >= 0.3 is 5.97 Å². The topological polar surface area (TPSA) is 55.4 Å². The maximum absolute atomic E-state index is 12.2. The van der Waals surface area contributed by atoms with Gasteiger partial charge in [0, 0.05) is 9.13 Å². The van der Waals surface area contributed by atoms with Gasteiger partial charge in [-0.15, -0.1) is 0 Å². The van der Waals surface area contributed by atoms with Gasteiger partial charge in [-0.3, -0.25) is 4.79 Å². The highest BCUT2D eigenvalue weighted by molar-refractivity contribution is 14.1. The summed E-state index contributed by atoms with van der Waals surface area (Å²) in [5, 5.41) is 3.22. The lowest BCUT2D eigenvalue weighted by molar-refractivity contribution is -0.144. The Morgan fingerprint density at radius 1 is 1.45 bits per heavy atom. The molecule has 1 amide bonds. The first-order valence-electron chi connectivity index (χ1n) is 6.24. The Morgan fingerprint density at radius 3 is 2.60 bits per heavy atom. The minimum absolute atomic E-state index is 0.00859. The van der Waals surface area contributed by atoms with Crippen LogP contribution in [0.2, 0.25) is 5.02 Å². The number of ether oxygens (including phenoxy) is 1. The van der Waals surface area contributed by atoms with Crippen molar-refractivity contribution in [3.05, 3.63) is 32.4 Å². The Bertz CT molecular complexity index is 507. The van der Waals surface area contributed by atoms with E-state index in [1.165, 1.54) is 7.11 Å². The number of amides is 1. The number of hydrogen-bond acceptors (Lipinski definition) is 3. The Morgan fingerprint density at radius 2 is 2.10 bits per heavy atom. The zero-order valence-electron chi connectivity index (χ0n) is 11.6. The van der Waals surface area contributed by atoms with E-state index in [1.807, 2.05) is 13.8 Å². The molecule has 4 nitrogen and oxygen atoms in total. The summed E-state index contributed by atoms with van der Waals surface area (Å²) in [4.78, 5) is 23.9. The molecule has 110 valence electrons. The van der Waals surface area contributed by atoms with Crippen LogP contribution in [-0.2, 0) is 9.53 Å². The fourth-order valence-corrected chi connectivity index (χ4v) is 2.17. The van der Waals surface area contributed by atoms with E-state index in [4.69, 9.17) is 16.3 Å². The fourth-order valence-electron chi connectivity index (χ4n) is 1.66. The summed E-state index contributed by atoms with van der Waals surface area (Å²) in [6.07, 6.45) is 0.757. The largest absolute Gasteiger partial charge is 0.467 e. The molecule has 2 unspecified atom stereocenters. The van der Waals surface area contributed by atoms with Gasteiger partial charge in [0.2, 0.25) is 0 Å². The minimum Gasteiger partial charge on any atom is -0.467 e. The summed E-state index contributed by atoms with van der Waals surface area (Å²) in [5.74, 6) is -0.783. The van der Waals surface area contributed by atoms with Crippen LogP contribution in [0.1, 0.15) is 30.6 Å². The zero-order valence-corrected chi connectivity index (χ0v) is 14.5. The quantitative estimate of drug-likeness (QED) is 0.600. The van der Waals surface area contributed by atoms with E-state index in [-0.39, 0.29) is 11.8 Å². The molecule has 0 aliphatic carbocycles. The molecular weight excluding hydrogens is 393 g/mol. The number of hydrogen-bond donors (Lipinski definition) is 1. The van der Waals surface area contributed by atoms with Crippen LogP contribution in [0, 0.1) is 9.49 Å². The highest BCUT2D eigenvalue weighted by Gasteiger charge is 2.27. The molecule has 0 spiro atoms. The summed E-state index contributed by atoms with van der Waals surface area (Å²) >= 11 is 8.08. The van der Waals surface area contributed by atoms with Gasteiger partial charge in [0.15, 0.2) is 0 Å². The molecule has 0 heterocycles. The molecule has 1 aromatic rings. The zero-order chi connectivity index (χ0) is 15.3.